The summed E-state index contributed by atoms with van der Waals surface area (Å²) in [4.78, 5) is 32.3. The second-order valence-corrected chi connectivity index (χ2v) is 8.40. The lowest BCUT2D eigenvalue weighted by atomic mass is 9.91. The number of esters is 2. The molecule has 166 valence electrons. The lowest BCUT2D eigenvalue weighted by Crippen LogP contribution is -2.25. The van der Waals surface area contributed by atoms with Gasteiger partial charge in [0.15, 0.2) is 0 Å². The van der Waals surface area contributed by atoms with Crippen molar-refractivity contribution in [3.63, 3.8) is 0 Å². The maximum absolute atomic E-state index is 11.2. The molecule has 0 aromatic rings. The maximum Gasteiger partial charge on any atom is 0.311 e. The maximum atomic E-state index is 11.2. The summed E-state index contributed by atoms with van der Waals surface area (Å²) in [6.07, 6.45) is 3.87. The molecule has 0 rings (SSSR count). The SMILES string of the molecule is C=CCOC(=O)C(C)(C)CC.CCC(C)(C)C(=O)O.CCC(C)(C)C(=O)OC. The van der Waals surface area contributed by atoms with Crippen molar-refractivity contribution in [3.8, 4) is 0 Å². The van der Waals surface area contributed by atoms with E-state index in [9.17, 15) is 14.4 Å². The van der Waals surface area contributed by atoms with Gasteiger partial charge in [-0.15, -0.1) is 0 Å². The topological polar surface area (TPSA) is 89.9 Å². The fourth-order valence-electron chi connectivity index (χ4n) is 1.05. The molecule has 0 fully saturated rings. The predicted molar refractivity (Wildman–Crippen MR) is 113 cm³/mol. The Morgan fingerprint density at radius 2 is 1.18 bits per heavy atom. The minimum atomic E-state index is -0.722. The quantitative estimate of drug-likeness (QED) is 0.440. The molecule has 0 aliphatic rings. The Balaban J connectivity index is -0.000000340. The molecule has 0 aliphatic heterocycles. The van der Waals surface area contributed by atoms with Crippen LogP contribution in [0.1, 0.15) is 81.6 Å². The average Bonchev–Trinajstić information content (AvgIpc) is 2.65. The van der Waals surface area contributed by atoms with Gasteiger partial charge < -0.3 is 14.6 Å². The van der Waals surface area contributed by atoms with E-state index in [-0.39, 0.29) is 22.8 Å². The van der Waals surface area contributed by atoms with Crippen molar-refractivity contribution >= 4 is 17.9 Å². The third kappa shape index (κ3) is 13.3. The molecular formula is C22H42O6. The molecule has 0 amide bonds. The number of aliphatic carboxylic acids is 1. The van der Waals surface area contributed by atoms with Crippen molar-refractivity contribution in [1.82, 2.24) is 0 Å². The van der Waals surface area contributed by atoms with Crippen molar-refractivity contribution in [3.05, 3.63) is 12.7 Å². The Labute approximate surface area is 171 Å². The first kappa shape index (κ1) is 30.9. The van der Waals surface area contributed by atoms with Crippen molar-refractivity contribution in [2.24, 2.45) is 16.2 Å². The first-order chi connectivity index (χ1) is 12.6. The standard InChI is InChI=1S/C9H16O2.C7H14O2.C6H12O2/c1-5-7-11-8(10)9(3,4)6-2;1-5-7(2,3)6(8)9-4;1-4-6(2,3)5(7)8/h5H,1,6-7H2,2-4H3;5H2,1-4H3;4H2,1-3H3,(H,7,8). The monoisotopic (exact) mass is 402 g/mol. The second-order valence-electron chi connectivity index (χ2n) is 8.40. The Kier molecular flexibility index (Phi) is 15.6. The highest BCUT2D eigenvalue weighted by molar-refractivity contribution is 5.76. The molecule has 0 aromatic heterocycles. The Morgan fingerprint density at radius 1 is 0.821 bits per heavy atom. The van der Waals surface area contributed by atoms with E-state index < -0.39 is 11.4 Å². The van der Waals surface area contributed by atoms with E-state index in [4.69, 9.17) is 9.84 Å². The van der Waals surface area contributed by atoms with Crippen LogP contribution >= 0.6 is 0 Å². The number of rotatable bonds is 8. The van der Waals surface area contributed by atoms with Gasteiger partial charge in [-0.25, -0.2) is 0 Å². The molecular weight excluding hydrogens is 360 g/mol. The van der Waals surface area contributed by atoms with Crippen LogP contribution in [0.4, 0.5) is 0 Å². The van der Waals surface area contributed by atoms with Crippen LogP contribution < -0.4 is 0 Å². The summed E-state index contributed by atoms with van der Waals surface area (Å²) >= 11 is 0. The number of carboxylic acid groups (broad SMARTS) is 1. The Morgan fingerprint density at radius 3 is 1.36 bits per heavy atom. The van der Waals surface area contributed by atoms with Crippen LogP contribution in [-0.4, -0.2) is 36.7 Å². The minimum absolute atomic E-state index is 0.134. The van der Waals surface area contributed by atoms with Gasteiger partial charge in [-0.2, -0.15) is 0 Å². The highest BCUT2D eigenvalue weighted by atomic mass is 16.5. The highest BCUT2D eigenvalue weighted by Crippen LogP contribution is 2.21. The molecule has 0 spiro atoms. The van der Waals surface area contributed by atoms with Crippen molar-refractivity contribution in [1.29, 1.82) is 0 Å². The number of carboxylic acids is 1. The molecule has 1 N–H and O–H groups in total. The summed E-state index contributed by atoms with van der Waals surface area (Å²) in [6, 6.07) is 0. The fourth-order valence-corrected chi connectivity index (χ4v) is 1.05. The van der Waals surface area contributed by atoms with Crippen molar-refractivity contribution < 1.29 is 29.0 Å². The van der Waals surface area contributed by atoms with Gasteiger partial charge in [0.1, 0.15) is 6.61 Å². The zero-order valence-corrected chi connectivity index (χ0v) is 19.6. The van der Waals surface area contributed by atoms with Gasteiger partial charge in [0, 0.05) is 0 Å². The lowest BCUT2D eigenvalue weighted by Gasteiger charge is -2.19. The van der Waals surface area contributed by atoms with E-state index in [1.165, 1.54) is 7.11 Å². The van der Waals surface area contributed by atoms with Gasteiger partial charge in [0.05, 0.1) is 23.4 Å². The van der Waals surface area contributed by atoms with Gasteiger partial charge in [-0.3, -0.25) is 14.4 Å². The van der Waals surface area contributed by atoms with Gasteiger partial charge in [0.2, 0.25) is 0 Å². The average molecular weight is 403 g/mol. The number of hydrogen-bond acceptors (Lipinski definition) is 5. The molecule has 0 aliphatic carbocycles. The zero-order valence-electron chi connectivity index (χ0n) is 19.6. The first-order valence-electron chi connectivity index (χ1n) is 9.69. The molecule has 0 radical (unpaired) electrons. The summed E-state index contributed by atoms with van der Waals surface area (Å²) in [6.45, 7) is 20.5. The largest absolute Gasteiger partial charge is 0.481 e. The van der Waals surface area contributed by atoms with E-state index in [1.807, 2.05) is 48.5 Å². The summed E-state index contributed by atoms with van der Waals surface area (Å²) in [5.41, 5.74) is -1.21. The van der Waals surface area contributed by atoms with Gasteiger partial charge in [-0.05, 0) is 60.8 Å². The summed E-state index contributed by atoms with van der Waals surface area (Å²) in [5, 5.41) is 8.44. The predicted octanol–water partition coefficient (Wildman–Crippen LogP) is 5.25. The second kappa shape index (κ2) is 14.2. The van der Waals surface area contributed by atoms with E-state index in [0.717, 1.165) is 12.8 Å². The van der Waals surface area contributed by atoms with E-state index in [1.54, 1.807) is 19.9 Å². The first-order valence-corrected chi connectivity index (χ1v) is 9.69. The summed E-state index contributed by atoms with van der Waals surface area (Å²) < 4.78 is 9.46. The van der Waals surface area contributed by atoms with Crippen molar-refractivity contribution in [2.45, 2.75) is 81.6 Å². The third-order valence-corrected chi connectivity index (χ3v) is 4.85. The van der Waals surface area contributed by atoms with Crippen molar-refractivity contribution in [2.75, 3.05) is 13.7 Å². The number of methoxy groups -OCH3 is 1. The molecule has 0 saturated heterocycles. The molecule has 28 heavy (non-hydrogen) atoms. The highest BCUT2D eigenvalue weighted by Gasteiger charge is 2.26. The van der Waals surface area contributed by atoms with Gasteiger partial charge >= 0.3 is 17.9 Å². The molecule has 6 heteroatoms. The third-order valence-electron chi connectivity index (χ3n) is 4.85. The van der Waals surface area contributed by atoms with Crippen LogP contribution in [0.5, 0.6) is 0 Å². The molecule has 0 bridgehead atoms. The van der Waals surface area contributed by atoms with Gasteiger partial charge in [-0.1, -0.05) is 33.4 Å². The van der Waals surface area contributed by atoms with Crippen LogP contribution in [0.25, 0.3) is 0 Å². The van der Waals surface area contributed by atoms with Gasteiger partial charge in [0.25, 0.3) is 0 Å². The number of hydrogen-bond donors (Lipinski definition) is 1. The van der Waals surface area contributed by atoms with Crippen LogP contribution in [0.3, 0.4) is 0 Å². The molecule has 0 atom stereocenters. The number of carbonyl (C=O) groups is 3. The Bertz CT molecular complexity index is 489. The van der Waals surface area contributed by atoms with E-state index in [0.29, 0.717) is 13.0 Å². The molecule has 0 saturated carbocycles. The minimum Gasteiger partial charge on any atom is -0.481 e. The molecule has 0 unspecified atom stereocenters. The summed E-state index contributed by atoms with van der Waals surface area (Å²) in [7, 11) is 1.42. The molecule has 6 nitrogen and oxygen atoms in total. The normalized spacial score (nSPS) is 11.1. The van der Waals surface area contributed by atoms with Crippen LogP contribution in [-0.2, 0) is 23.9 Å². The Hall–Kier alpha value is -1.85. The zero-order chi connectivity index (χ0) is 23.2. The number of carbonyl (C=O) groups excluding carboxylic acids is 2. The van der Waals surface area contributed by atoms with E-state index in [2.05, 4.69) is 11.3 Å². The fraction of sp³-hybridized carbons (Fsp3) is 0.773. The molecule has 0 aromatic carbocycles. The smallest absolute Gasteiger partial charge is 0.311 e. The lowest BCUT2D eigenvalue weighted by molar-refractivity contribution is -0.153. The van der Waals surface area contributed by atoms with Crippen LogP contribution in [0, 0.1) is 16.2 Å². The van der Waals surface area contributed by atoms with Crippen LogP contribution in [0.2, 0.25) is 0 Å². The number of ether oxygens (including phenoxy) is 2. The van der Waals surface area contributed by atoms with E-state index >= 15 is 0 Å². The molecule has 0 heterocycles. The van der Waals surface area contributed by atoms with Crippen LogP contribution in [0.15, 0.2) is 12.7 Å². The summed E-state index contributed by atoms with van der Waals surface area (Å²) in [5.74, 6) is -1.01.